The lowest BCUT2D eigenvalue weighted by Crippen LogP contribution is -2.40. The molecule has 2 N–H and O–H groups in total. The lowest BCUT2D eigenvalue weighted by Gasteiger charge is -2.23. The van der Waals surface area contributed by atoms with Gasteiger partial charge in [0.25, 0.3) is 0 Å². The van der Waals surface area contributed by atoms with Crippen LogP contribution in [0.25, 0.3) is 5.13 Å². The zero-order valence-corrected chi connectivity index (χ0v) is 15.7. The number of nitrogens with one attached hydrogen (secondary N) is 2. The first-order chi connectivity index (χ1) is 11.6. The fourth-order valence-corrected chi connectivity index (χ4v) is 4.13. The molecule has 0 bridgehead atoms. The lowest BCUT2D eigenvalue weighted by molar-refractivity contribution is 0.412. The van der Waals surface area contributed by atoms with Crippen molar-refractivity contribution in [2.24, 2.45) is 5.10 Å². The van der Waals surface area contributed by atoms with Gasteiger partial charge in [0, 0.05) is 34.6 Å². The molecule has 24 heavy (non-hydrogen) atoms. The standard InChI is InChI=1S/C17H23N5S2/c1-12-10-14(13(2)22(12)17-18-8-9-24-17)11-19-21-16(23)20-15-6-4-3-5-7-15/h8-11,15H,3-7H2,1-2H3,(H2,20,21,23)/b19-11-. The van der Waals surface area contributed by atoms with Gasteiger partial charge in [-0.05, 0) is 45.0 Å². The third-order valence-corrected chi connectivity index (χ3v) is 5.36. The van der Waals surface area contributed by atoms with Gasteiger partial charge in [-0.3, -0.25) is 9.99 Å². The van der Waals surface area contributed by atoms with Crippen LogP contribution in [-0.4, -0.2) is 26.9 Å². The molecule has 2 heterocycles. The van der Waals surface area contributed by atoms with Crippen LogP contribution < -0.4 is 10.7 Å². The Bertz CT molecular complexity index is 712. The molecule has 5 nitrogen and oxygen atoms in total. The Morgan fingerprint density at radius 2 is 2.17 bits per heavy atom. The normalized spacial score (nSPS) is 15.8. The molecule has 2 aromatic heterocycles. The van der Waals surface area contributed by atoms with Crippen molar-refractivity contribution in [2.75, 3.05) is 0 Å². The van der Waals surface area contributed by atoms with Gasteiger partial charge in [0.05, 0.1) is 6.21 Å². The van der Waals surface area contributed by atoms with Crippen LogP contribution in [0.4, 0.5) is 0 Å². The first kappa shape index (κ1) is 17.1. The fourth-order valence-electron chi connectivity index (χ4n) is 3.16. The number of thiocarbonyl (C=S) groups is 1. The number of aromatic nitrogens is 2. The van der Waals surface area contributed by atoms with Gasteiger partial charge in [-0.2, -0.15) is 5.10 Å². The molecule has 1 aliphatic carbocycles. The zero-order valence-electron chi connectivity index (χ0n) is 14.1. The Hall–Kier alpha value is -1.73. The number of nitrogens with zero attached hydrogens (tertiary/aromatic N) is 3. The molecule has 128 valence electrons. The monoisotopic (exact) mass is 361 g/mol. The van der Waals surface area contributed by atoms with Crippen molar-refractivity contribution >= 4 is 34.9 Å². The van der Waals surface area contributed by atoms with Gasteiger partial charge < -0.3 is 5.32 Å². The SMILES string of the molecule is Cc1cc(/C=N\NC(=S)NC2CCCCC2)c(C)n1-c1nccs1. The molecule has 0 spiro atoms. The van der Waals surface area contributed by atoms with Gasteiger partial charge in [0.15, 0.2) is 10.2 Å². The van der Waals surface area contributed by atoms with E-state index < -0.39 is 0 Å². The molecule has 0 unspecified atom stereocenters. The topological polar surface area (TPSA) is 54.2 Å². The summed E-state index contributed by atoms with van der Waals surface area (Å²) in [7, 11) is 0. The summed E-state index contributed by atoms with van der Waals surface area (Å²) >= 11 is 6.96. The van der Waals surface area contributed by atoms with Crippen molar-refractivity contribution in [3.63, 3.8) is 0 Å². The molecule has 0 aromatic carbocycles. The summed E-state index contributed by atoms with van der Waals surface area (Å²) in [5.74, 6) is 0. The molecule has 3 rings (SSSR count). The fraction of sp³-hybridized carbons (Fsp3) is 0.471. The van der Waals surface area contributed by atoms with Crippen LogP contribution in [-0.2, 0) is 0 Å². The van der Waals surface area contributed by atoms with Gasteiger partial charge >= 0.3 is 0 Å². The number of aryl methyl sites for hydroxylation is 1. The van der Waals surface area contributed by atoms with E-state index in [1.165, 1.54) is 32.1 Å². The summed E-state index contributed by atoms with van der Waals surface area (Å²) in [6.45, 7) is 4.16. The van der Waals surface area contributed by atoms with Crippen molar-refractivity contribution in [1.29, 1.82) is 0 Å². The quantitative estimate of drug-likeness (QED) is 0.495. The van der Waals surface area contributed by atoms with Crippen LogP contribution in [0.2, 0.25) is 0 Å². The Balaban J connectivity index is 1.60. The van der Waals surface area contributed by atoms with Crippen molar-refractivity contribution < 1.29 is 0 Å². The average molecular weight is 362 g/mol. The third kappa shape index (κ3) is 4.02. The summed E-state index contributed by atoms with van der Waals surface area (Å²) in [4.78, 5) is 4.39. The highest BCUT2D eigenvalue weighted by Crippen LogP contribution is 2.21. The van der Waals surface area contributed by atoms with Crippen molar-refractivity contribution in [1.82, 2.24) is 20.3 Å². The second-order valence-electron chi connectivity index (χ2n) is 6.15. The smallest absolute Gasteiger partial charge is 0.193 e. The molecule has 1 fully saturated rings. The van der Waals surface area contributed by atoms with Crippen LogP contribution in [0, 0.1) is 13.8 Å². The Morgan fingerprint density at radius 3 is 2.88 bits per heavy atom. The van der Waals surface area contributed by atoms with E-state index in [2.05, 4.69) is 45.3 Å². The predicted octanol–water partition coefficient (Wildman–Crippen LogP) is 3.68. The summed E-state index contributed by atoms with van der Waals surface area (Å²) < 4.78 is 2.14. The van der Waals surface area contributed by atoms with Crippen LogP contribution in [0.15, 0.2) is 22.7 Å². The van der Waals surface area contributed by atoms with E-state index >= 15 is 0 Å². The molecular formula is C17H23N5S2. The maximum atomic E-state index is 5.33. The first-order valence-corrected chi connectivity index (χ1v) is 9.62. The maximum Gasteiger partial charge on any atom is 0.193 e. The molecule has 0 atom stereocenters. The van der Waals surface area contributed by atoms with Crippen molar-refractivity contribution in [3.05, 3.63) is 34.6 Å². The highest BCUT2D eigenvalue weighted by atomic mass is 32.1. The molecule has 1 aliphatic rings. The first-order valence-electron chi connectivity index (χ1n) is 8.33. The van der Waals surface area contributed by atoms with Gasteiger partial charge in [0.1, 0.15) is 0 Å². The number of hydrogen-bond acceptors (Lipinski definition) is 4. The lowest BCUT2D eigenvalue weighted by atomic mass is 9.96. The Labute approximate surface area is 152 Å². The van der Waals surface area contributed by atoms with E-state index in [-0.39, 0.29) is 0 Å². The van der Waals surface area contributed by atoms with Crippen molar-refractivity contribution in [3.8, 4) is 5.13 Å². The van der Waals surface area contributed by atoms with E-state index in [4.69, 9.17) is 12.2 Å². The van der Waals surface area contributed by atoms with E-state index in [0.29, 0.717) is 11.2 Å². The molecule has 1 saturated carbocycles. The number of thiazole rings is 1. The molecule has 0 amide bonds. The van der Waals surface area contributed by atoms with Crippen LogP contribution in [0.5, 0.6) is 0 Å². The van der Waals surface area contributed by atoms with Crippen LogP contribution >= 0.6 is 23.6 Å². The average Bonchev–Trinajstić information content (AvgIpc) is 3.17. The number of hydrazone groups is 1. The summed E-state index contributed by atoms with van der Waals surface area (Å²) in [6.07, 6.45) is 9.94. The number of hydrogen-bond donors (Lipinski definition) is 2. The van der Waals surface area contributed by atoms with Crippen LogP contribution in [0.1, 0.15) is 49.1 Å². The molecular weight excluding hydrogens is 338 g/mol. The second kappa shape index (κ2) is 7.90. The Morgan fingerprint density at radius 1 is 1.38 bits per heavy atom. The van der Waals surface area contributed by atoms with E-state index in [9.17, 15) is 0 Å². The zero-order chi connectivity index (χ0) is 16.9. The largest absolute Gasteiger partial charge is 0.359 e. The molecule has 2 aromatic rings. The maximum absolute atomic E-state index is 5.33. The molecule has 0 radical (unpaired) electrons. The molecule has 0 saturated heterocycles. The minimum atomic E-state index is 0.490. The third-order valence-electron chi connectivity index (χ3n) is 4.39. The van der Waals surface area contributed by atoms with E-state index in [0.717, 1.165) is 22.1 Å². The van der Waals surface area contributed by atoms with Gasteiger partial charge in [0.2, 0.25) is 0 Å². The predicted molar refractivity (Wildman–Crippen MR) is 104 cm³/mol. The highest BCUT2D eigenvalue weighted by molar-refractivity contribution is 7.80. The molecule has 7 heteroatoms. The van der Waals surface area contributed by atoms with Gasteiger partial charge in [-0.25, -0.2) is 4.98 Å². The van der Waals surface area contributed by atoms with Gasteiger partial charge in [-0.15, -0.1) is 11.3 Å². The summed E-state index contributed by atoms with van der Waals surface area (Å²) in [6, 6.07) is 2.60. The van der Waals surface area contributed by atoms with Crippen LogP contribution in [0.3, 0.4) is 0 Å². The minimum Gasteiger partial charge on any atom is -0.359 e. The number of rotatable bonds is 4. The van der Waals surface area contributed by atoms with E-state index in [1.807, 2.05) is 17.8 Å². The highest BCUT2D eigenvalue weighted by Gasteiger charge is 2.14. The van der Waals surface area contributed by atoms with Gasteiger partial charge in [-0.1, -0.05) is 19.3 Å². The second-order valence-corrected chi connectivity index (χ2v) is 7.44. The van der Waals surface area contributed by atoms with E-state index in [1.54, 1.807) is 11.3 Å². The van der Waals surface area contributed by atoms with Crippen molar-refractivity contribution in [2.45, 2.75) is 52.0 Å². The minimum absolute atomic E-state index is 0.490. The summed E-state index contributed by atoms with van der Waals surface area (Å²) in [5, 5.41) is 11.2. The molecule has 0 aliphatic heterocycles. The summed E-state index contributed by atoms with van der Waals surface area (Å²) in [5.41, 5.74) is 6.27. The Kier molecular flexibility index (Phi) is 5.63.